The van der Waals surface area contributed by atoms with Crippen LogP contribution in [-0.2, 0) is 11.0 Å². The van der Waals surface area contributed by atoms with Crippen LogP contribution in [0.5, 0.6) is 0 Å². The maximum Gasteiger partial charge on any atom is 0.161 e. The van der Waals surface area contributed by atoms with Gasteiger partial charge in [0.25, 0.3) is 0 Å². The Morgan fingerprint density at radius 3 is 2.18 bits per heavy atom. The van der Waals surface area contributed by atoms with E-state index in [-0.39, 0.29) is 11.0 Å². The van der Waals surface area contributed by atoms with Crippen molar-refractivity contribution in [1.82, 2.24) is 19.7 Å². The second-order valence-corrected chi connectivity index (χ2v) is 6.45. The molecule has 0 aromatic carbocycles. The second-order valence-electron chi connectivity index (χ2n) is 6.45. The standard InChI is InChI=1S/C13H20N4/c1-12(2,3)11-14-7-9-8-15-17(10(9)16-11)13(4,5)6/h7-8H,1-6H3. The van der Waals surface area contributed by atoms with Crippen molar-refractivity contribution in [3.8, 4) is 0 Å². The van der Waals surface area contributed by atoms with Crippen LogP contribution in [0.2, 0.25) is 0 Å². The zero-order chi connectivity index (χ0) is 12.8. The van der Waals surface area contributed by atoms with Crippen LogP contribution >= 0.6 is 0 Å². The molecule has 2 aromatic heterocycles. The molecular weight excluding hydrogens is 212 g/mol. The summed E-state index contributed by atoms with van der Waals surface area (Å²) in [7, 11) is 0. The lowest BCUT2D eigenvalue weighted by Gasteiger charge is -2.21. The normalized spacial score (nSPS) is 13.3. The molecule has 0 aliphatic carbocycles. The summed E-state index contributed by atoms with van der Waals surface area (Å²) < 4.78 is 1.96. The molecule has 2 heterocycles. The lowest BCUT2D eigenvalue weighted by molar-refractivity contribution is 0.365. The van der Waals surface area contributed by atoms with E-state index < -0.39 is 0 Å². The van der Waals surface area contributed by atoms with Crippen LogP contribution in [0.25, 0.3) is 11.0 Å². The molecule has 2 rings (SSSR count). The summed E-state index contributed by atoms with van der Waals surface area (Å²) in [6, 6.07) is 0. The Morgan fingerprint density at radius 2 is 1.65 bits per heavy atom. The molecule has 0 saturated heterocycles. The first-order chi connectivity index (χ1) is 7.69. The van der Waals surface area contributed by atoms with Crippen LogP contribution in [0.3, 0.4) is 0 Å². The predicted molar refractivity (Wildman–Crippen MR) is 69.0 cm³/mol. The van der Waals surface area contributed by atoms with Crippen LogP contribution in [-0.4, -0.2) is 19.7 Å². The molecular formula is C13H20N4. The lowest BCUT2D eigenvalue weighted by Crippen LogP contribution is -2.24. The van der Waals surface area contributed by atoms with Crippen LogP contribution in [0.4, 0.5) is 0 Å². The molecule has 0 atom stereocenters. The van der Waals surface area contributed by atoms with Gasteiger partial charge >= 0.3 is 0 Å². The van der Waals surface area contributed by atoms with Crippen molar-refractivity contribution in [3.63, 3.8) is 0 Å². The van der Waals surface area contributed by atoms with Gasteiger partial charge in [-0.2, -0.15) is 5.10 Å². The third kappa shape index (κ3) is 2.16. The van der Waals surface area contributed by atoms with Gasteiger partial charge in [0.05, 0.1) is 17.1 Å². The summed E-state index contributed by atoms with van der Waals surface area (Å²) in [6.45, 7) is 12.7. The largest absolute Gasteiger partial charge is 0.242 e. The van der Waals surface area contributed by atoms with Gasteiger partial charge in [-0.3, -0.25) is 0 Å². The van der Waals surface area contributed by atoms with Gasteiger partial charge in [0.15, 0.2) is 5.65 Å². The number of aromatic nitrogens is 4. The fourth-order valence-corrected chi connectivity index (χ4v) is 1.67. The summed E-state index contributed by atoms with van der Waals surface area (Å²) >= 11 is 0. The molecule has 17 heavy (non-hydrogen) atoms. The Morgan fingerprint density at radius 1 is 1.00 bits per heavy atom. The van der Waals surface area contributed by atoms with Crippen LogP contribution in [0.15, 0.2) is 12.4 Å². The van der Waals surface area contributed by atoms with E-state index in [9.17, 15) is 0 Å². The highest BCUT2D eigenvalue weighted by molar-refractivity contribution is 5.73. The molecule has 0 aliphatic rings. The van der Waals surface area contributed by atoms with E-state index in [1.54, 1.807) is 0 Å². The fourth-order valence-electron chi connectivity index (χ4n) is 1.67. The topological polar surface area (TPSA) is 43.6 Å². The van der Waals surface area contributed by atoms with Crippen molar-refractivity contribution in [3.05, 3.63) is 18.2 Å². The van der Waals surface area contributed by atoms with Crippen molar-refractivity contribution in [2.45, 2.75) is 52.5 Å². The second kappa shape index (κ2) is 3.52. The molecule has 0 unspecified atom stereocenters. The van der Waals surface area contributed by atoms with Crippen molar-refractivity contribution in [2.24, 2.45) is 0 Å². The maximum absolute atomic E-state index is 4.66. The Kier molecular flexibility index (Phi) is 2.49. The van der Waals surface area contributed by atoms with Gasteiger partial charge in [0.2, 0.25) is 0 Å². The van der Waals surface area contributed by atoms with E-state index in [4.69, 9.17) is 0 Å². The van der Waals surface area contributed by atoms with Gasteiger partial charge in [-0.05, 0) is 20.8 Å². The molecule has 0 aliphatic heterocycles. The molecule has 0 bridgehead atoms. The Balaban J connectivity index is 2.67. The van der Waals surface area contributed by atoms with Crippen molar-refractivity contribution in [2.75, 3.05) is 0 Å². The first-order valence-electron chi connectivity index (χ1n) is 5.91. The predicted octanol–water partition coefficient (Wildman–Crippen LogP) is 2.88. The van der Waals surface area contributed by atoms with E-state index in [0.29, 0.717) is 0 Å². The van der Waals surface area contributed by atoms with Crippen LogP contribution in [0, 0.1) is 0 Å². The Hall–Kier alpha value is -1.45. The summed E-state index contributed by atoms with van der Waals surface area (Å²) in [6.07, 6.45) is 3.69. The smallest absolute Gasteiger partial charge is 0.161 e. The molecule has 0 fully saturated rings. The molecule has 4 heteroatoms. The average molecular weight is 232 g/mol. The highest BCUT2D eigenvalue weighted by Gasteiger charge is 2.22. The van der Waals surface area contributed by atoms with Crippen molar-refractivity contribution >= 4 is 11.0 Å². The number of hydrogen-bond acceptors (Lipinski definition) is 3. The fraction of sp³-hybridized carbons (Fsp3) is 0.615. The number of fused-ring (bicyclic) bond motifs is 1. The highest BCUT2D eigenvalue weighted by atomic mass is 15.3. The van der Waals surface area contributed by atoms with Gasteiger partial charge < -0.3 is 0 Å². The SMILES string of the molecule is CC(C)(C)c1ncc2cnn(C(C)(C)C)c2n1. The van der Waals surface area contributed by atoms with Crippen LogP contribution in [0.1, 0.15) is 47.4 Å². The van der Waals surface area contributed by atoms with E-state index in [1.165, 1.54) is 0 Å². The first-order valence-corrected chi connectivity index (χ1v) is 5.91. The van der Waals surface area contributed by atoms with Crippen molar-refractivity contribution in [1.29, 1.82) is 0 Å². The van der Waals surface area contributed by atoms with E-state index in [0.717, 1.165) is 16.9 Å². The molecule has 0 N–H and O–H groups in total. The molecule has 0 radical (unpaired) electrons. The van der Waals surface area contributed by atoms with Gasteiger partial charge in [0.1, 0.15) is 5.82 Å². The minimum atomic E-state index is -0.0642. The van der Waals surface area contributed by atoms with E-state index in [2.05, 4.69) is 56.6 Å². The van der Waals surface area contributed by atoms with Gasteiger partial charge in [-0.25, -0.2) is 14.6 Å². The third-order valence-corrected chi connectivity index (χ3v) is 2.62. The molecule has 92 valence electrons. The monoisotopic (exact) mass is 232 g/mol. The zero-order valence-electron chi connectivity index (χ0n) is 11.4. The lowest BCUT2D eigenvalue weighted by atomic mass is 9.96. The number of nitrogens with zero attached hydrogens (tertiary/aromatic N) is 4. The zero-order valence-corrected chi connectivity index (χ0v) is 11.4. The molecule has 2 aromatic rings. The Bertz CT molecular complexity index is 541. The molecule has 4 nitrogen and oxygen atoms in total. The minimum absolute atomic E-state index is 0.0405. The summed E-state index contributed by atoms with van der Waals surface area (Å²) in [4.78, 5) is 9.07. The number of rotatable bonds is 0. The maximum atomic E-state index is 4.66. The van der Waals surface area contributed by atoms with Gasteiger partial charge in [-0.15, -0.1) is 0 Å². The molecule has 0 saturated carbocycles. The minimum Gasteiger partial charge on any atom is -0.242 e. The summed E-state index contributed by atoms with van der Waals surface area (Å²) in [5.41, 5.74) is 0.810. The molecule has 0 amide bonds. The highest BCUT2D eigenvalue weighted by Crippen LogP contribution is 2.23. The number of hydrogen-bond donors (Lipinski definition) is 0. The Labute approximate surface area is 102 Å². The quantitative estimate of drug-likeness (QED) is 0.701. The first kappa shape index (κ1) is 12.0. The summed E-state index contributed by atoms with van der Waals surface area (Å²) in [5.74, 6) is 0.857. The van der Waals surface area contributed by atoms with Crippen molar-refractivity contribution < 1.29 is 0 Å². The van der Waals surface area contributed by atoms with Crippen LogP contribution < -0.4 is 0 Å². The third-order valence-electron chi connectivity index (χ3n) is 2.62. The van der Waals surface area contributed by atoms with E-state index >= 15 is 0 Å². The van der Waals surface area contributed by atoms with Gasteiger partial charge in [0, 0.05) is 11.6 Å². The van der Waals surface area contributed by atoms with E-state index in [1.807, 2.05) is 17.1 Å². The van der Waals surface area contributed by atoms with Gasteiger partial charge in [-0.1, -0.05) is 20.8 Å². The molecule has 0 spiro atoms. The summed E-state index contributed by atoms with van der Waals surface area (Å²) in [5, 5.41) is 5.40. The average Bonchev–Trinajstić information content (AvgIpc) is 2.57.